The van der Waals surface area contributed by atoms with Crippen LogP contribution in [0.1, 0.15) is 290 Å². The van der Waals surface area contributed by atoms with Crippen molar-refractivity contribution in [3.8, 4) is 0 Å². The van der Waals surface area contributed by atoms with Crippen molar-refractivity contribution in [2.75, 3.05) is 13.2 Å². The van der Waals surface area contributed by atoms with Crippen LogP contribution >= 0.6 is 0 Å². The lowest BCUT2D eigenvalue weighted by molar-refractivity contribution is -0.302. The van der Waals surface area contributed by atoms with E-state index in [1.54, 1.807) is 6.08 Å². The lowest BCUT2D eigenvalue weighted by Crippen LogP contribution is -2.60. The fourth-order valence-electron chi connectivity index (χ4n) is 10.1. The first-order chi connectivity index (χ1) is 38.3. The average Bonchev–Trinajstić information content (AvgIpc) is 3.45. The van der Waals surface area contributed by atoms with Gasteiger partial charge in [-0.1, -0.05) is 285 Å². The minimum Gasteiger partial charge on any atom is -0.394 e. The Morgan fingerprint density at radius 3 is 1.23 bits per heavy atom. The predicted molar refractivity (Wildman–Crippen MR) is 332 cm³/mol. The molecule has 1 saturated heterocycles. The van der Waals surface area contributed by atoms with Crippen LogP contribution in [0.2, 0.25) is 0 Å². The fraction of sp³-hybridized carbons (Fsp3) is 0.783. The Kier molecular flexibility index (Phi) is 54.2. The largest absolute Gasteiger partial charge is 0.394 e. The number of amides is 1. The molecule has 1 rings (SSSR count). The van der Waals surface area contributed by atoms with E-state index in [1.807, 2.05) is 6.08 Å². The molecule has 0 bridgehead atoms. The first-order valence-corrected chi connectivity index (χ1v) is 32.8. The molecular weight excluding hydrogens is 971 g/mol. The topological polar surface area (TPSA) is 149 Å². The summed E-state index contributed by atoms with van der Waals surface area (Å²) in [6.45, 7) is 3.67. The molecule has 1 aliphatic heterocycles. The third-order valence-electron chi connectivity index (χ3n) is 15.2. The molecule has 0 spiro atoms. The molecule has 7 unspecified atom stereocenters. The number of unbranched alkanes of at least 4 members (excludes halogenated alkanes) is 34. The third-order valence-corrected chi connectivity index (χ3v) is 15.2. The summed E-state index contributed by atoms with van der Waals surface area (Å²) in [5, 5.41) is 54.6. The molecule has 1 aliphatic rings. The standard InChI is InChI=1S/C69H123NO8/c1-3-5-7-9-11-13-15-17-19-21-23-25-27-28-29-30-31-32-33-34-35-37-38-40-42-44-46-48-50-52-54-56-58-63(72)62(61-77-69-68(76)67(75)66(74)64(60-71)78-69)70-65(73)59-57-55-53-51-49-47-45-43-41-39-36-26-24-22-20-18-16-14-12-10-8-6-4-2/h6,8,12,14,18,20,24,26,40,42,48,50,56,58,62-64,66-69,71-72,74-76H,3-5,7,9-11,13,15-17,19,21-23,25,27-39,41,43-47,49,51-55,57,59-61H2,1-2H3,(H,70,73)/b8-6-,14-12-,20-18-,26-24-,42-40+,50-48+,58-56+. The normalized spacial score (nSPS) is 19.2. The Hall–Kier alpha value is -2.63. The van der Waals surface area contributed by atoms with Crippen LogP contribution in [0.25, 0.3) is 0 Å². The van der Waals surface area contributed by atoms with Gasteiger partial charge in [0.25, 0.3) is 0 Å². The lowest BCUT2D eigenvalue weighted by atomic mass is 9.99. The number of nitrogens with one attached hydrogen (secondary N) is 1. The molecular formula is C69H123NO8. The van der Waals surface area contributed by atoms with Gasteiger partial charge in [0.2, 0.25) is 5.91 Å². The molecule has 9 nitrogen and oxygen atoms in total. The molecule has 6 N–H and O–H groups in total. The van der Waals surface area contributed by atoms with Crippen LogP contribution in [-0.4, -0.2) is 87.5 Å². The highest BCUT2D eigenvalue weighted by Crippen LogP contribution is 2.23. The van der Waals surface area contributed by atoms with Crippen molar-refractivity contribution >= 4 is 5.91 Å². The zero-order valence-electron chi connectivity index (χ0n) is 50.4. The number of carbonyl (C=O) groups is 1. The van der Waals surface area contributed by atoms with Crippen LogP contribution in [-0.2, 0) is 14.3 Å². The van der Waals surface area contributed by atoms with Crippen LogP contribution < -0.4 is 5.32 Å². The van der Waals surface area contributed by atoms with E-state index in [0.717, 1.165) is 83.5 Å². The number of allylic oxidation sites excluding steroid dienone is 13. The zero-order valence-corrected chi connectivity index (χ0v) is 50.4. The van der Waals surface area contributed by atoms with Gasteiger partial charge >= 0.3 is 0 Å². The SMILES string of the molecule is CC/C=C\C/C=C\C/C=C\C/C=C\CCCCCCCCCCCCC(=O)NC(COC1OC(CO)C(O)C(O)C1O)C(O)/C=C/CC/C=C/CC/C=C/CCCCCCCCCCCCCCCCCCCCCCCC. The quantitative estimate of drug-likeness (QED) is 0.0261. The molecule has 78 heavy (non-hydrogen) atoms. The van der Waals surface area contributed by atoms with Gasteiger partial charge in [0.1, 0.15) is 24.4 Å². The van der Waals surface area contributed by atoms with Crippen LogP contribution in [0, 0.1) is 0 Å². The molecule has 0 aliphatic carbocycles. The van der Waals surface area contributed by atoms with Crippen LogP contribution in [0.5, 0.6) is 0 Å². The maximum atomic E-state index is 13.1. The average molecular weight is 1090 g/mol. The van der Waals surface area contributed by atoms with E-state index in [-0.39, 0.29) is 12.5 Å². The summed E-state index contributed by atoms with van der Waals surface area (Å²) in [5.41, 5.74) is 0. The third kappa shape index (κ3) is 46.0. The molecule has 7 atom stereocenters. The first-order valence-electron chi connectivity index (χ1n) is 32.8. The summed E-state index contributed by atoms with van der Waals surface area (Å²) in [6, 6.07) is -0.837. The number of hydrogen-bond acceptors (Lipinski definition) is 8. The van der Waals surface area contributed by atoms with Gasteiger partial charge in [0.15, 0.2) is 6.29 Å². The van der Waals surface area contributed by atoms with E-state index in [0.29, 0.717) is 6.42 Å². The molecule has 0 aromatic heterocycles. The van der Waals surface area contributed by atoms with Gasteiger partial charge in [-0.05, 0) is 83.5 Å². The fourth-order valence-corrected chi connectivity index (χ4v) is 10.1. The van der Waals surface area contributed by atoms with Crippen molar-refractivity contribution in [1.82, 2.24) is 5.32 Å². The van der Waals surface area contributed by atoms with Crippen molar-refractivity contribution < 1.29 is 39.8 Å². The Morgan fingerprint density at radius 1 is 0.449 bits per heavy atom. The summed E-state index contributed by atoms with van der Waals surface area (Å²) in [6.07, 6.45) is 75.4. The van der Waals surface area contributed by atoms with Gasteiger partial charge < -0.3 is 40.3 Å². The number of aliphatic hydroxyl groups excluding tert-OH is 5. The van der Waals surface area contributed by atoms with Crippen molar-refractivity contribution in [3.63, 3.8) is 0 Å². The highest BCUT2D eigenvalue weighted by atomic mass is 16.7. The van der Waals surface area contributed by atoms with Crippen molar-refractivity contribution in [2.24, 2.45) is 0 Å². The molecule has 0 aromatic rings. The summed E-state index contributed by atoms with van der Waals surface area (Å²) < 4.78 is 11.3. The number of rotatable bonds is 56. The molecule has 9 heteroatoms. The zero-order chi connectivity index (χ0) is 56.5. The first kappa shape index (κ1) is 73.4. The molecule has 0 saturated carbocycles. The van der Waals surface area contributed by atoms with Gasteiger partial charge in [-0.2, -0.15) is 0 Å². The molecule has 1 fully saturated rings. The molecule has 0 aromatic carbocycles. The Labute approximate surface area is 480 Å². The minimum atomic E-state index is -1.58. The molecule has 1 heterocycles. The minimum absolute atomic E-state index is 0.196. The van der Waals surface area contributed by atoms with Crippen LogP contribution in [0.15, 0.2) is 85.1 Å². The smallest absolute Gasteiger partial charge is 0.220 e. The summed E-state index contributed by atoms with van der Waals surface area (Å²) in [5.74, 6) is -0.196. The maximum Gasteiger partial charge on any atom is 0.220 e. The number of aliphatic hydroxyl groups is 5. The van der Waals surface area contributed by atoms with Gasteiger partial charge in [-0.25, -0.2) is 0 Å². The maximum absolute atomic E-state index is 13.1. The number of hydrogen-bond donors (Lipinski definition) is 6. The van der Waals surface area contributed by atoms with Gasteiger partial charge in [-0.3, -0.25) is 4.79 Å². The molecule has 452 valence electrons. The van der Waals surface area contributed by atoms with E-state index in [9.17, 15) is 30.3 Å². The highest BCUT2D eigenvalue weighted by molar-refractivity contribution is 5.76. The summed E-state index contributed by atoms with van der Waals surface area (Å²) in [7, 11) is 0. The number of carbonyl (C=O) groups excluding carboxylic acids is 1. The monoisotopic (exact) mass is 1090 g/mol. The van der Waals surface area contributed by atoms with E-state index in [1.165, 1.54) is 186 Å². The summed E-state index contributed by atoms with van der Waals surface area (Å²) >= 11 is 0. The summed E-state index contributed by atoms with van der Waals surface area (Å²) in [4.78, 5) is 13.1. The van der Waals surface area contributed by atoms with Crippen molar-refractivity contribution in [3.05, 3.63) is 85.1 Å². The van der Waals surface area contributed by atoms with Crippen LogP contribution in [0.4, 0.5) is 0 Å². The van der Waals surface area contributed by atoms with Crippen LogP contribution in [0.3, 0.4) is 0 Å². The highest BCUT2D eigenvalue weighted by Gasteiger charge is 2.44. The van der Waals surface area contributed by atoms with E-state index >= 15 is 0 Å². The Bertz CT molecular complexity index is 1500. The van der Waals surface area contributed by atoms with E-state index < -0.39 is 49.5 Å². The molecule has 0 radical (unpaired) electrons. The second-order valence-electron chi connectivity index (χ2n) is 22.5. The lowest BCUT2D eigenvalue weighted by Gasteiger charge is -2.40. The Morgan fingerprint density at radius 2 is 0.808 bits per heavy atom. The second kappa shape index (κ2) is 57.6. The predicted octanol–water partition coefficient (Wildman–Crippen LogP) is 17.4. The van der Waals surface area contributed by atoms with Gasteiger partial charge in [0.05, 0.1) is 25.4 Å². The van der Waals surface area contributed by atoms with Crippen molar-refractivity contribution in [1.29, 1.82) is 0 Å². The number of ether oxygens (including phenoxy) is 2. The van der Waals surface area contributed by atoms with Crippen molar-refractivity contribution in [2.45, 2.75) is 333 Å². The van der Waals surface area contributed by atoms with E-state index in [2.05, 4.69) is 92.1 Å². The van der Waals surface area contributed by atoms with Gasteiger partial charge in [-0.15, -0.1) is 0 Å². The Balaban J connectivity index is 2.20. The van der Waals surface area contributed by atoms with Gasteiger partial charge in [0, 0.05) is 6.42 Å². The second-order valence-corrected chi connectivity index (χ2v) is 22.5. The van der Waals surface area contributed by atoms with E-state index in [4.69, 9.17) is 9.47 Å². The molecule has 1 amide bonds.